The number of rotatable bonds is 6. The fourth-order valence-corrected chi connectivity index (χ4v) is 1.63. The first-order valence-corrected chi connectivity index (χ1v) is 5.81. The summed E-state index contributed by atoms with van der Waals surface area (Å²) in [4.78, 5) is 0. The number of hydrogen-bond donors (Lipinski definition) is 2. The van der Waals surface area contributed by atoms with Crippen molar-refractivity contribution in [1.29, 1.82) is 0 Å². The largest absolute Gasteiger partial charge is 0.396 e. The van der Waals surface area contributed by atoms with Gasteiger partial charge in [0.15, 0.2) is 11.6 Å². The van der Waals surface area contributed by atoms with E-state index >= 15 is 0 Å². The molecule has 102 valence electrons. The van der Waals surface area contributed by atoms with Crippen LogP contribution in [0.5, 0.6) is 0 Å². The second-order valence-electron chi connectivity index (χ2n) is 5.10. The van der Waals surface area contributed by atoms with Crippen LogP contribution in [0.15, 0.2) is 12.1 Å². The number of nitrogens with one attached hydrogen (secondary N) is 1. The number of benzene rings is 1. The molecule has 0 atom stereocenters. The van der Waals surface area contributed by atoms with Gasteiger partial charge in [0.1, 0.15) is 5.82 Å². The molecule has 0 heterocycles. The lowest BCUT2D eigenvalue weighted by atomic mass is 9.90. The third-order valence-electron chi connectivity index (χ3n) is 2.80. The molecule has 1 aromatic carbocycles. The second kappa shape index (κ2) is 6.20. The zero-order chi connectivity index (χ0) is 13.8. The van der Waals surface area contributed by atoms with E-state index < -0.39 is 17.5 Å². The summed E-state index contributed by atoms with van der Waals surface area (Å²) >= 11 is 0. The fourth-order valence-electron chi connectivity index (χ4n) is 1.63. The molecule has 5 heteroatoms. The molecular formula is C13H18F3NO. The standard InChI is InChI=1S/C13H18F3NO/c1-13(2,3-4-18)8-17-7-9-5-11(15)12(16)6-10(9)14/h5-6,17-18H,3-4,7-8H2,1-2H3. The van der Waals surface area contributed by atoms with Gasteiger partial charge in [-0.1, -0.05) is 13.8 Å². The molecule has 18 heavy (non-hydrogen) atoms. The van der Waals surface area contributed by atoms with Crippen LogP contribution in [0.25, 0.3) is 0 Å². The Kier molecular flexibility index (Phi) is 5.16. The van der Waals surface area contributed by atoms with E-state index in [2.05, 4.69) is 5.32 Å². The third kappa shape index (κ3) is 4.31. The molecule has 0 spiro atoms. The fraction of sp³-hybridized carbons (Fsp3) is 0.538. The van der Waals surface area contributed by atoms with Gasteiger partial charge < -0.3 is 10.4 Å². The van der Waals surface area contributed by atoms with E-state index in [9.17, 15) is 13.2 Å². The number of aliphatic hydroxyl groups is 1. The first kappa shape index (κ1) is 15.0. The Morgan fingerprint density at radius 2 is 1.72 bits per heavy atom. The summed E-state index contributed by atoms with van der Waals surface area (Å²) in [7, 11) is 0. The van der Waals surface area contributed by atoms with Crippen LogP contribution in [0.1, 0.15) is 25.8 Å². The Morgan fingerprint density at radius 3 is 2.33 bits per heavy atom. The van der Waals surface area contributed by atoms with Crippen molar-refractivity contribution in [3.63, 3.8) is 0 Å². The predicted octanol–water partition coefficient (Wildman–Crippen LogP) is 2.60. The smallest absolute Gasteiger partial charge is 0.161 e. The molecule has 2 nitrogen and oxygen atoms in total. The minimum Gasteiger partial charge on any atom is -0.396 e. The lowest BCUT2D eigenvalue weighted by molar-refractivity contribution is 0.207. The Morgan fingerprint density at radius 1 is 1.11 bits per heavy atom. The molecule has 0 saturated carbocycles. The van der Waals surface area contributed by atoms with Gasteiger partial charge in [-0.15, -0.1) is 0 Å². The maximum atomic E-state index is 13.3. The van der Waals surface area contributed by atoms with Gasteiger partial charge in [0.2, 0.25) is 0 Å². The van der Waals surface area contributed by atoms with Crippen molar-refractivity contribution in [2.75, 3.05) is 13.2 Å². The van der Waals surface area contributed by atoms with E-state index in [0.717, 1.165) is 6.07 Å². The third-order valence-corrected chi connectivity index (χ3v) is 2.80. The molecule has 1 rings (SSSR count). The van der Waals surface area contributed by atoms with Crippen LogP contribution in [0.4, 0.5) is 13.2 Å². The van der Waals surface area contributed by atoms with Crippen LogP contribution < -0.4 is 5.32 Å². The second-order valence-corrected chi connectivity index (χ2v) is 5.10. The van der Waals surface area contributed by atoms with Gasteiger partial charge >= 0.3 is 0 Å². The molecule has 2 N–H and O–H groups in total. The zero-order valence-electron chi connectivity index (χ0n) is 10.6. The minimum absolute atomic E-state index is 0.0776. The molecule has 0 saturated heterocycles. The Balaban J connectivity index is 2.57. The van der Waals surface area contributed by atoms with E-state index in [-0.39, 0.29) is 24.1 Å². The van der Waals surface area contributed by atoms with Crippen LogP contribution >= 0.6 is 0 Å². The molecule has 0 aliphatic carbocycles. The highest BCUT2D eigenvalue weighted by molar-refractivity contribution is 5.19. The van der Waals surface area contributed by atoms with Crippen molar-refractivity contribution < 1.29 is 18.3 Å². The monoisotopic (exact) mass is 261 g/mol. The lowest BCUT2D eigenvalue weighted by Gasteiger charge is -2.24. The highest BCUT2D eigenvalue weighted by atomic mass is 19.2. The highest BCUT2D eigenvalue weighted by Gasteiger charge is 2.17. The molecule has 0 aromatic heterocycles. The van der Waals surface area contributed by atoms with E-state index in [1.165, 1.54) is 0 Å². The van der Waals surface area contributed by atoms with Crippen LogP contribution in [0.3, 0.4) is 0 Å². The Labute approximate surface area is 105 Å². The first-order chi connectivity index (χ1) is 8.35. The van der Waals surface area contributed by atoms with Gasteiger partial charge in [-0.2, -0.15) is 0 Å². The lowest BCUT2D eigenvalue weighted by Crippen LogP contribution is -2.30. The summed E-state index contributed by atoms with van der Waals surface area (Å²) in [6.45, 7) is 4.66. The molecule has 0 amide bonds. The van der Waals surface area contributed by atoms with Gasteiger partial charge in [0.25, 0.3) is 0 Å². The summed E-state index contributed by atoms with van der Waals surface area (Å²) in [6.07, 6.45) is 0.611. The molecule has 0 radical (unpaired) electrons. The normalized spacial score (nSPS) is 11.9. The number of halogens is 3. The van der Waals surface area contributed by atoms with Crippen molar-refractivity contribution in [2.45, 2.75) is 26.8 Å². The maximum Gasteiger partial charge on any atom is 0.161 e. The predicted molar refractivity (Wildman–Crippen MR) is 63.5 cm³/mol. The van der Waals surface area contributed by atoms with E-state index in [0.29, 0.717) is 19.0 Å². The van der Waals surface area contributed by atoms with E-state index in [1.54, 1.807) is 0 Å². The average molecular weight is 261 g/mol. The Bertz CT molecular complexity index is 407. The van der Waals surface area contributed by atoms with Crippen molar-refractivity contribution in [1.82, 2.24) is 5.32 Å². The van der Waals surface area contributed by atoms with Crippen LogP contribution in [0.2, 0.25) is 0 Å². The average Bonchev–Trinajstić information content (AvgIpc) is 2.25. The SMILES string of the molecule is CC(C)(CCO)CNCc1cc(F)c(F)cc1F. The van der Waals surface area contributed by atoms with Crippen molar-refractivity contribution in [3.05, 3.63) is 35.1 Å². The van der Waals surface area contributed by atoms with Gasteiger partial charge in [0.05, 0.1) is 0 Å². The zero-order valence-corrected chi connectivity index (χ0v) is 10.6. The van der Waals surface area contributed by atoms with Crippen molar-refractivity contribution in [2.24, 2.45) is 5.41 Å². The summed E-state index contributed by atoms with van der Waals surface area (Å²) in [5, 5.41) is 11.8. The number of aliphatic hydroxyl groups excluding tert-OH is 1. The van der Waals surface area contributed by atoms with Gasteiger partial charge in [0, 0.05) is 31.3 Å². The van der Waals surface area contributed by atoms with Gasteiger partial charge in [-0.25, -0.2) is 13.2 Å². The molecule has 0 bridgehead atoms. The van der Waals surface area contributed by atoms with Crippen LogP contribution in [-0.2, 0) is 6.54 Å². The van der Waals surface area contributed by atoms with Gasteiger partial charge in [-0.05, 0) is 17.9 Å². The first-order valence-electron chi connectivity index (χ1n) is 5.81. The molecule has 0 aliphatic rings. The minimum atomic E-state index is -1.18. The van der Waals surface area contributed by atoms with Gasteiger partial charge in [-0.3, -0.25) is 0 Å². The highest BCUT2D eigenvalue weighted by Crippen LogP contribution is 2.19. The summed E-state index contributed by atoms with van der Waals surface area (Å²) < 4.78 is 39.0. The maximum absolute atomic E-state index is 13.3. The molecule has 0 aliphatic heterocycles. The topological polar surface area (TPSA) is 32.3 Å². The molecule has 0 unspecified atom stereocenters. The van der Waals surface area contributed by atoms with Crippen molar-refractivity contribution in [3.8, 4) is 0 Å². The summed E-state index contributed by atoms with van der Waals surface area (Å²) in [5.74, 6) is -3.00. The quantitative estimate of drug-likeness (QED) is 0.771. The van der Waals surface area contributed by atoms with E-state index in [4.69, 9.17) is 5.11 Å². The summed E-state index contributed by atoms with van der Waals surface area (Å²) in [6, 6.07) is 1.40. The number of hydrogen-bond acceptors (Lipinski definition) is 2. The molecule has 1 aromatic rings. The Hall–Kier alpha value is -1.07. The molecular weight excluding hydrogens is 243 g/mol. The van der Waals surface area contributed by atoms with E-state index in [1.807, 2.05) is 13.8 Å². The summed E-state index contributed by atoms with van der Waals surface area (Å²) in [5.41, 5.74) is -0.0437. The molecule has 0 fully saturated rings. The van der Waals surface area contributed by atoms with Crippen molar-refractivity contribution >= 4 is 0 Å². The van der Waals surface area contributed by atoms with Crippen LogP contribution in [-0.4, -0.2) is 18.3 Å². The van der Waals surface area contributed by atoms with Crippen LogP contribution in [0, 0.1) is 22.9 Å².